The van der Waals surface area contributed by atoms with Crippen LogP contribution in [0.5, 0.6) is 0 Å². The van der Waals surface area contributed by atoms with Crippen LogP contribution in [0.4, 0.5) is 15.3 Å². The van der Waals surface area contributed by atoms with E-state index >= 15 is 0 Å². The number of carbonyl (C=O) groups is 10. The summed E-state index contributed by atoms with van der Waals surface area (Å²) >= 11 is 0. The van der Waals surface area contributed by atoms with Crippen LogP contribution < -0.4 is 26.6 Å². The van der Waals surface area contributed by atoms with E-state index in [1.165, 1.54) is 28.8 Å². The first-order valence-corrected chi connectivity index (χ1v) is 22.0. The average molecular weight is 921 g/mol. The summed E-state index contributed by atoms with van der Waals surface area (Å²) in [7, 11) is 2.99. The lowest BCUT2D eigenvalue weighted by atomic mass is 9.94. The number of hydrogen-bond donors (Lipinski definition) is 5. The van der Waals surface area contributed by atoms with Gasteiger partial charge in [-0.05, 0) is 42.0 Å². The smallest absolute Gasteiger partial charge is 0.409 e. The van der Waals surface area contributed by atoms with Gasteiger partial charge in [-0.25, -0.2) is 9.59 Å². The highest BCUT2D eigenvalue weighted by molar-refractivity contribution is 6.03. The highest BCUT2D eigenvalue weighted by Gasteiger charge is 2.39. The fourth-order valence-electron chi connectivity index (χ4n) is 6.34. The van der Waals surface area contributed by atoms with E-state index in [1.807, 2.05) is 13.8 Å². The SMILES string of the molecule is CC(C)C(=O)COC(=O)N(C)CCN(C)C(=O)OCc1ccc(NC(=O)CNC(=O)[C@H](Cc2ccccc2)NC(=O)CNC(=O)CNC(=O)CCCCCN2C(=O)CC(C(C)C)C2=O)cc1. The van der Waals surface area contributed by atoms with Crippen molar-refractivity contribution in [1.29, 1.82) is 0 Å². The zero-order chi connectivity index (χ0) is 48.8. The van der Waals surface area contributed by atoms with Crippen molar-refractivity contribution < 1.29 is 57.4 Å². The molecular formula is C46H64N8O12. The van der Waals surface area contributed by atoms with Gasteiger partial charge < -0.3 is 45.9 Å². The average Bonchev–Trinajstić information content (AvgIpc) is 3.58. The summed E-state index contributed by atoms with van der Waals surface area (Å²) in [5, 5.41) is 12.7. The summed E-state index contributed by atoms with van der Waals surface area (Å²) in [6, 6.07) is 14.2. The van der Waals surface area contributed by atoms with E-state index in [0.717, 1.165) is 5.56 Å². The van der Waals surface area contributed by atoms with Gasteiger partial charge in [0, 0.05) is 70.5 Å². The normalized spacial score (nSPS) is 13.7. The number of ketones is 1. The largest absolute Gasteiger partial charge is 0.445 e. The Hall–Kier alpha value is -6.86. The monoisotopic (exact) mass is 920 g/mol. The highest BCUT2D eigenvalue weighted by Crippen LogP contribution is 2.26. The third-order valence-corrected chi connectivity index (χ3v) is 10.6. The Morgan fingerprint density at radius 1 is 0.697 bits per heavy atom. The van der Waals surface area contributed by atoms with E-state index in [1.54, 1.807) is 68.4 Å². The van der Waals surface area contributed by atoms with Crippen molar-refractivity contribution in [1.82, 2.24) is 36.0 Å². The van der Waals surface area contributed by atoms with Gasteiger partial charge in [0.05, 0.1) is 19.6 Å². The summed E-state index contributed by atoms with van der Waals surface area (Å²) in [5.41, 5.74) is 1.75. The number of likely N-dealkylation sites (N-methyl/N-ethyl adjacent to an activating group) is 2. The molecule has 3 rings (SSSR count). The molecule has 1 saturated heterocycles. The number of amides is 9. The molecule has 0 aromatic heterocycles. The predicted octanol–water partition coefficient (Wildman–Crippen LogP) is 2.15. The van der Waals surface area contributed by atoms with Crippen molar-refractivity contribution in [2.24, 2.45) is 17.8 Å². The first kappa shape index (κ1) is 53.5. The summed E-state index contributed by atoms with van der Waals surface area (Å²) in [6.07, 6.45) is 0.798. The van der Waals surface area contributed by atoms with Crippen LogP contribution in [0.15, 0.2) is 54.6 Å². The van der Waals surface area contributed by atoms with Gasteiger partial charge in [0.15, 0.2) is 12.4 Å². The number of unbranched alkanes of at least 4 members (excludes halogenated alkanes) is 2. The van der Waals surface area contributed by atoms with Crippen LogP contribution in [0.3, 0.4) is 0 Å². The maximum atomic E-state index is 13.3. The number of carbonyl (C=O) groups excluding carboxylic acids is 10. The van der Waals surface area contributed by atoms with Gasteiger partial charge in [0.1, 0.15) is 12.6 Å². The van der Waals surface area contributed by atoms with Crippen molar-refractivity contribution in [3.8, 4) is 0 Å². The number of ether oxygens (including phenoxy) is 2. The third-order valence-electron chi connectivity index (χ3n) is 10.6. The Balaban J connectivity index is 1.36. The van der Waals surface area contributed by atoms with Crippen LogP contribution in [0.2, 0.25) is 0 Å². The fraction of sp³-hybridized carbons (Fsp3) is 0.522. The van der Waals surface area contributed by atoms with Gasteiger partial charge in [-0.3, -0.25) is 43.3 Å². The lowest BCUT2D eigenvalue weighted by Gasteiger charge is -2.21. The number of rotatable bonds is 26. The van der Waals surface area contributed by atoms with E-state index in [2.05, 4.69) is 26.6 Å². The predicted molar refractivity (Wildman–Crippen MR) is 241 cm³/mol. The molecule has 1 fully saturated rings. The molecule has 2 aromatic carbocycles. The van der Waals surface area contributed by atoms with E-state index < -0.39 is 54.9 Å². The van der Waals surface area contributed by atoms with Crippen LogP contribution in [0.1, 0.15) is 70.9 Å². The lowest BCUT2D eigenvalue weighted by Crippen LogP contribution is -2.52. The Bertz CT molecular complexity index is 2010. The summed E-state index contributed by atoms with van der Waals surface area (Å²) in [6.45, 7) is 6.16. The van der Waals surface area contributed by atoms with Crippen LogP contribution in [-0.2, 0) is 60.9 Å². The fourth-order valence-corrected chi connectivity index (χ4v) is 6.34. The summed E-state index contributed by atoms with van der Waals surface area (Å²) in [5.74, 6) is -3.84. The molecule has 0 spiro atoms. The zero-order valence-electron chi connectivity index (χ0n) is 38.6. The minimum atomic E-state index is -1.10. The van der Waals surface area contributed by atoms with Crippen molar-refractivity contribution in [2.75, 3.05) is 65.3 Å². The molecule has 0 aliphatic carbocycles. The second kappa shape index (κ2) is 27.5. The first-order chi connectivity index (χ1) is 31.3. The van der Waals surface area contributed by atoms with Crippen molar-refractivity contribution in [2.45, 2.75) is 78.9 Å². The molecule has 5 N–H and O–H groups in total. The second-order valence-corrected chi connectivity index (χ2v) is 16.6. The van der Waals surface area contributed by atoms with Crippen LogP contribution in [0.25, 0.3) is 0 Å². The van der Waals surface area contributed by atoms with Crippen molar-refractivity contribution in [3.05, 3.63) is 65.7 Å². The molecule has 0 radical (unpaired) electrons. The van der Waals surface area contributed by atoms with Gasteiger partial charge >= 0.3 is 12.2 Å². The van der Waals surface area contributed by atoms with Crippen LogP contribution >= 0.6 is 0 Å². The van der Waals surface area contributed by atoms with E-state index in [-0.39, 0.29) is 93.4 Å². The molecule has 1 aliphatic rings. The molecule has 9 amide bonds. The minimum absolute atomic E-state index is 0.0752. The molecule has 360 valence electrons. The maximum absolute atomic E-state index is 13.3. The summed E-state index contributed by atoms with van der Waals surface area (Å²) in [4.78, 5) is 128. The molecule has 66 heavy (non-hydrogen) atoms. The topological polar surface area (TPSA) is 259 Å². The Morgan fingerprint density at radius 2 is 1.30 bits per heavy atom. The van der Waals surface area contributed by atoms with Crippen molar-refractivity contribution in [3.63, 3.8) is 0 Å². The number of anilines is 1. The molecule has 1 unspecified atom stereocenters. The van der Waals surface area contributed by atoms with E-state index in [9.17, 15) is 47.9 Å². The molecule has 1 heterocycles. The van der Waals surface area contributed by atoms with Crippen LogP contribution in [-0.4, -0.2) is 140 Å². The summed E-state index contributed by atoms with van der Waals surface area (Å²) < 4.78 is 10.3. The van der Waals surface area contributed by atoms with Gasteiger partial charge in [0.2, 0.25) is 41.4 Å². The zero-order valence-corrected chi connectivity index (χ0v) is 38.6. The Kier molecular flexibility index (Phi) is 22.3. The van der Waals surface area contributed by atoms with Gasteiger partial charge in [-0.2, -0.15) is 0 Å². The first-order valence-electron chi connectivity index (χ1n) is 22.0. The van der Waals surface area contributed by atoms with Gasteiger partial charge in [-0.15, -0.1) is 0 Å². The Morgan fingerprint density at radius 3 is 1.92 bits per heavy atom. The maximum Gasteiger partial charge on any atom is 0.409 e. The molecule has 1 aliphatic heterocycles. The second-order valence-electron chi connectivity index (χ2n) is 16.6. The minimum Gasteiger partial charge on any atom is -0.445 e. The quantitative estimate of drug-likeness (QED) is 0.0672. The molecule has 2 atom stereocenters. The number of likely N-dealkylation sites (tertiary alicyclic amines) is 1. The molecular weight excluding hydrogens is 857 g/mol. The number of benzene rings is 2. The molecule has 0 saturated carbocycles. The lowest BCUT2D eigenvalue weighted by molar-refractivity contribution is -0.140. The molecule has 2 aromatic rings. The van der Waals surface area contributed by atoms with E-state index in [4.69, 9.17) is 9.47 Å². The standard InChI is InChI=1S/C46H64N8O12/c1-30(2)35-24-42(60)54(44(35)62)20-12-8-11-15-38(56)47-25-39(57)48-26-41(59)51-36(23-32-13-9-7-10-14-32)43(61)49-27-40(58)50-34-18-16-33(17-19-34)28-65-45(63)52(5)21-22-53(6)46(64)66-29-37(55)31(3)4/h7,9-10,13-14,16-19,30-31,35-36H,8,11-12,15,20-29H2,1-6H3,(H,47,56)(H,48,57)(H,49,61)(H,50,58)(H,51,59)/t35?,36-/m0/s1. The third kappa shape index (κ3) is 19.1. The molecule has 20 heteroatoms. The van der Waals surface area contributed by atoms with Gasteiger partial charge in [0.25, 0.3) is 0 Å². The number of hydrogen-bond acceptors (Lipinski definition) is 12. The van der Waals surface area contributed by atoms with Crippen molar-refractivity contribution >= 4 is 65.0 Å². The number of imide groups is 1. The Labute approximate surface area is 385 Å². The van der Waals surface area contributed by atoms with Crippen LogP contribution in [0, 0.1) is 17.8 Å². The highest BCUT2D eigenvalue weighted by atomic mass is 16.6. The van der Waals surface area contributed by atoms with E-state index in [0.29, 0.717) is 37.1 Å². The number of nitrogens with one attached hydrogen (secondary N) is 5. The number of nitrogens with zero attached hydrogens (tertiary/aromatic N) is 3. The molecule has 0 bridgehead atoms. The molecule has 20 nitrogen and oxygen atoms in total. The number of Topliss-reactive ketones (excluding diaryl/α,β-unsaturated/α-hetero) is 1. The van der Waals surface area contributed by atoms with Gasteiger partial charge in [-0.1, -0.05) is 76.6 Å².